The van der Waals surface area contributed by atoms with E-state index in [4.69, 9.17) is 9.47 Å². The molecule has 0 spiro atoms. The van der Waals surface area contributed by atoms with Gasteiger partial charge in [-0.3, -0.25) is 0 Å². The fraction of sp³-hybridized carbons (Fsp3) is 0.625. The summed E-state index contributed by atoms with van der Waals surface area (Å²) in [5.74, 6) is 0.953. The molecular weight excluding hydrogens is 284 g/mol. The molecule has 0 saturated carbocycles. The number of para-hydroxylation sites is 1. The van der Waals surface area contributed by atoms with E-state index in [1.807, 2.05) is 37.4 Å². The van der Waals surface area contributed by atoms with Gasteiger partial charge in [0.2, 0.25) is 0 Å². The maximum Gasteiger partial charge on any atom is 0.189 e. The Kier molecular flexibility index (Phi) is 5.09. The molecule has 4 atom stereocenters. The van der Waals surface area contributed by atoms with Crippen LogP contribution in [0.5, 0.6) is 5.75 Å². The third-order valence-electron chi connectivity index (χ3n) is 4.48. The summed E-state index contributed by atoms with van der Waals surface area (Å²) in [4.78, 5) is 10.6. The lowest BCUT2D eigenvalue weighted by molar-refractivity contribution is -0.0256. The lowest BCUT2D eigenvalue weighted by Crippen LogP contribution is -2.48. The van der Waals surface area contributed by atoms with Crippen LogP contribution >= 0.6 is 0 Å². The Morgan fingerprint density at radius 3 is 2.57 bits per heavy atom. The average Bonchev–Trinajstić information content (AvgIpc) is 2.43. The number of aliphatic hydroxyl groups excluding tert-OH is 1. The van der Waals surface area contributed by atoms with Gasteiger partial charge in [-0.15, -0.1) is 0 Å². The predicted molar refractivity (Wildman–Crippen MR) is 84.9 cm³/mol. The minimum atomic E-state index is -2.44. The molecule has 0 radical (unpaired) electrons. The molecule has 2 rings (SSSR count). The fourth-order valence-corrected chi connectivity index (χ4v) is 5.39. The highest BCUT2D eigenvalue weighted by molar-refractivity contribution is 6.71. The van der Waals surface area contributed by atoms with Crippen LogP contribution < -0.4 is 4.74 Å². The molecule has 0 aliphatic carbocycles. The van der Waals surface area contributed by atoms with Gasteiger partial charge in [0.1, 0.15) is 11.9 Å². The van der Waals surface area contributed by atoms with Gasteiger partial charge in [-0.1, -0.05) is 25.1 Å². The van der Waals surface area contributed by atoms with Gasteiger partial charge in [-0.2, -0.15) is 0 Å². The van der Waals surface area contributed by atoms with E-state index < -0.39 is 8.32 Å². The van der Waals surface area contributed by atoms with Crippen molar-refractivity contribution in [3.8, 4) is 5.75 Å². The minimum absolute atomic E-state index is 0.0245. The van der Waals surface area contributed by atoms with E-state index in [1.54, 1.807) is 7.11 Å². The van der Waals surface area contributed by atoms with E-state index in [-0.39, 0.29) is 30.3 Å². The van der Waals surface area contributed by atoms with Gasteiger partial charge in [0.05, 0.1) is 6.10 Å². The third-order valence-corrected chi connectivity index (χ3v) is 6.91. The Morgan fingerprint density at radius 2 is 2.00 bits per heavy atom. The molecule has 2 N–H and O–H groups in total. The number of ether oxygens (including phenoxy) is 2. The van der Waals surface area contributed by atoms with Crippen molar-refractivity contribution in [2.45, 2.75) is 44.2 Å². The van der Waals surface area contributed by atoms with Gasteiger partial charge in [0, 0.05) is 30.7 Å². The summed E-state index contributed by atoms with van der Waals surface area (Å²) >= 11 is 0. The molecule has 21 heavy (non-hydrogen) atoms. The Bertz CT molecular complexity index is 472. The van der Waals surface area contributed by atoms with Crippen molar-refractivity contribution in [3.63, 3.8) is 0 Å². The van der Waals surface area contributed by atoms with Crippen LogP contribution in [-0.4, -0.2) is 38.0 Å². The van der Waals surface area contributed by atoms with Gasteiger partial charge in [-0.05, 0) is 25.6 Å². The molecule has 0 saturated heterocycles. The first-order chi connectivity index (χ1) is 9.90. The zero-order valence-corrected chi connectivity index (χ0v) is 14.2. The van der Waals surface area contributed by atoms with E-state index in [0.29, 0.717) is 6.42 Å². The smallest absolute Gasteiger partial charge is 0.189 e. The number of fused-ring (bicyclic) bond motifs is 1. The predicted octanol–water partition coefficient (Wildman–Crippen LogP) is 2.72. The van der Waals surface area contributed by atoms with Crippen LogP contribution in [0.25, 0.3) is 0 Å². The highest BCUT2D eigenvalue weighted by atomic mass is 28.4. The van der Waals surface area contributed by atoms with Crippen LogP contribution in [0.15, 0.2) is 24.3 Å². The van der Waals surface area contributed by atoms with Crippen molar-refractivity contribution in [1.82, 2.24) is 0 Å². The molecule has 1 aromatic rings. The van der Waals surface area contributed by atoms with Gasteiger partial charge >= 0.3 is 0 Å². The fourth-order valence-electron chi connectivity index (χ4n) is 3.38. The lowest BCUT2D eigenvalue weighted by atomic mass is 9.86. The standard InChI is InChI=1S/C16H26O4Si/c1-11-15(19-2)12-7-5-6-8-13(12)20-16(11)14(9-10-17)21(3,4)18/h5-8,11,14-18H,9-10H2,1-4H3/t11-,14?,15-,16-/m1/s1. The first-order valence-electron chi connectivity index (χ1n) is 7.51. The molecule has 4 nitrogen and oxygen atoms in total. The zero-order valence-electron chi connectivity index (χ0n) is 13.2. The Balaban J connectivity index is 2.37. The Morgan fingerprint density at radius 1 is 1.33 bits per heavy atom. The molecule has 1 unspecified atom stereocenters. The third kappa shape index (κ3) is 3.31. The van der Waals surface area contributed by atoms with Gasteiger partial charge in [0.15, 0.2) is 8.32 Å². The van der Waals surface area contributed by atoms with E-state index in [0.717, 1.165) is 11.3 Å². The van der Waals surface area contributed by atoms with Crippen LogP contribution in [0, 0.1) is 5.92 Å². The Labute approximate surface area is 127 Å². The van der Waals surface area contributed by atoms with E-state index >= 15 is 0 Å². The normalized spacial score (nSPS) is 26.9. The van der Waals surface area contributed by atoms with Crippen molar-refractivity contribution in [3.05, 3.63) is 29.8 Å². The Hall–Kier alpha value is -0.883. The van der Waals surface area contributed by atoms with E-state index in [9.17, 15) is 9.90 Å². The minimum Gasteiger partial charge on any atom is -0.490 e. The monoisotopic (exact) mass is 310 g/mol. The maximum absolute atomic E-state index is 10.6. The molecule has 1 heterocycles. The van der Waals surface area contributed by atoms with Crippen molar-refractivity contribution >= 4 is 8.32 Å². The maximum atomic E-state index is 10.6. The van der Waals surface area contributed by atoms with E-state index in [2.05, 4.69) is 6.92 Å². The van der Waals surface area contributed by atoms with Crippen LogP contribution in [0.3, 0.4) is 0 Å². The number of aliphatic hydroxyl groups is 1. The van der Waals surface area contributed by atoms with Crippen LogP contribution in [0.2, 0.25) is 18.6 Å². The summed E-state index contributed by atoms with van der Waals surface area (Å²) < 4.78 is 11.9. The summed E-state index contributed by atoms with van der Waals surface area (Å²) in [6.07, 6.45) is 0.379. The second kappa shape index (κ2) is 6.48. The van der Waals surface area contributed by atoms with Crippen LogP contribution in [0.1, 0.15) is 25.0 Å². The summed E-state index contributed by atoms with van der Waals surface area (Å²) in [5.41, 5.74) is 1.03. The first kappa shape index (κ1) is 16.5. The molecule has 1 aliphatic rings. The molecular formula is C16H26O4Si. The number of benzene rings is 1. The number of rotatable bonds is 5. The van der Waals surface area contributed by atoms with Crippen LogP contribution in [0.4, 0.5) is 0 Å². The summed E-state index contributed by atoms with van der Waals surface area (Å²) in [7, 11) is -0.730. The quantitative estimate of drug-likeness (QED) is 0.821. The second-order valence-corrected chi connectivity index (χ2v) is 10.5. The van der Waals surface area contributed by atoms with Crippen molar-refractivity contribution in [2.24, 2.45) is 5.92 Å². The van der Waals surface area contributed by atoms with Crippen molar-refractivity contribution in [1.29, 1.82) is 0 Å². The molecule has 1 aliphatic heterocycles. The highest BCUT2D eigenvalue weighted by Crippen LogP contribution is 2.46. The lowest BCUT2D eigenvalue weighted by Gasteiger charge is -2.43. The molecule has 0 bridgehead atoms. The van der Waals surface area contributed by atoms with E-state index in [1.165, 1.54) is 0 Å². The SMILES string of the molecule is CO[C@H]1c2ccccc2O[C@@H](C(CCO)[Si](C)(C)O)[C@@H]1C. The molecule has 0 aromatic heterocycles. The zero-order chi connectivity index (χ0) is 15.6. The van der Waals surface area contributed by atoms with Crippen LogP contribution in [-0.2, 0) is 4.74 Å². The number of hydrogen-bond donors (Lipinski definition) is 2. The number of methoxy groups -OCH3 is 1. The molecule has 0 fully saturated rings. The summed E-state index contributed by atoms with van der Waals surface area (Å²) in [6.45, 7) is 5.98. The van der Waals surface area contributed by atoms with Crippen molar-refractivity contribution in [2.75, 3.05) is 13.7 Å². The van der Waals surface area contributed by atoms with Gasteiger partial charge in [0.25, 0.3) is 0 Å². The van der Waals surface area contributed by atoms with Gasteiger partial charge in [-0.25, -0.2) is 0 Å². The summed E-state index contributed by atoms with van der Waals surface area (Å²) in [5, 5.41) is 9.36. The average molecular weight is 310 g/mol. The summed E-state index contributed by atoms with van der Waals surface area (Å²) in [6, 6.07) is 7.90. The molecule has 1 aromatic carbocycles. The molecule has 118 valence electrons. The second-order valence-electron chi connectivity index (χ2n) is 6.41. The highest BCUT2D eigenvalue weighted by Gasteiger charge is 2.45. The molecule has 5 heteroatoms. The largest absolute Gasteiger partial charge is 0.490 e. The van der Waals surface area contributed by atoms with Crippen molar-refractivity contribution < 1.29 is 19.4 Å². The first-order valence-corrected chi connectivity index (χ1v) is 10.5. The van der Waals surface area contributed by atoms with Gasteiger partial charge < -0.3 is 19.4 Å². The molecule has 0 amide bonds. The topological polar surface area (TPSA) is 58.9 Å². The number of hydrogen-bond acceptors (Lipinski definition) is 4.